The molecule has 0 aliphatic heterocycles. The second kappa shape index (κ2) is 5.63. The van der Waals surface area contributed by atoms with Crippen molar-refractivity contribution in [1.82, 2.24) is 9.78 Å². The molecule has 0 N–H and O–H groups in total. The van der Waals surface area contributed by atoms with E-state index < -0.39 is 0 Å². The van der Waals surface area contributed by atoms with Crippen LogP contribution in [-0.2, 0) is 6.54 Å². The van der Waals surface area contributed by atoms with E-state index in [1.165, 1.54) is 10.7 Å². The molecule has 0 amide bonds. The Morgan fingerprint density at radius 2 is 2.05 bits per heavy atom. The maximum absolute atomic E-state index is 11.9. The SMILES string of the molecule is CN(C)c1cnn(Cc2cccc(Cl)c2Cl)c(=O)c1. The van der Waals surface area contributed by atoms with E-state index in [0.717, 1.165) is 11.3 Å². The van der Waals surface area contributed by atoms with E-state index in [1.807, 2.05) is 25.1 Å². The van der Waals surface area contributed by atoms with Crippen molar-refractivity contribution >= 4 is 28.9 Å². The zero-order chi connectivity index (χ0) is 14.0. The van der Waals surface area contributed by atoms with Crippen LogP contribution < -0.4 is 10.5 Å². The summed E-state index contributed by atoms with van der Waals surface area (Å²) >= 11 is 12.0. The summed E-state index contributed by atoms with van der Waals surface area (Å²) in [5, 5.41) is 5.05. The van der Waals surface area contributed by atoms with Crippen LogP contribution in [0.5, 0.6) is 0 Å². The minimum absolute atomic E-state index is 0.178. The minimum Gasteiger partial charge on any atom is -0.376 e. The van der Waals surface area contributed by atoms with Gasteiger partial charge in [0.05, 0.1) is 28.5 Å². The molecule has 4 nitrogen and oxygen atoms in total. The standard InChI is InChI=1S/C13H13Cl2N3O/c1-17(2)10-6-12(19)18(16-7-10)8-9-4-3-5-11(14)13(9)15/h3-7H,8H2,1-2H3. The Balaban J connectivity index is 2.34. The predicted molar refractivity (Wildman–Crippen MR) is 78.4 cm³/mol. The van der Waals surface area contributed by atoms with Crippen LogP contribution in [0.4, 0.5) is 5.69 Å². The van der Waals surface area contributed by atoms with Gasteiger partial charge in [0, 0.05) is 20.2 Å². The highest BCUT2D eigenvalue weighted by Crippen LogP contribution is 2.25. The van der Waals surface area contributed by atoms with Gasteiger partial charge >= 0.3 is 0 Å². The first-order chi connectivity index (χ1) is 8.99. The summed E-state index contributed by atoms with van der Waals surface area (Å²) in [4.78, 5) is 13.8. The Morgan fingerprint density at radius 1 is 1.32 bits per heavy atom. The predicted octanol–water partition coefficient (Wildman–Crippen LogP) is 2.66. The van der Waals surface area contributed by atoms with Gasteiger partial charge < -0.3 is 4.90 Å². The summed E-state index contributed by atoms with van der Waals surface area (Å²) in [6.07, 6.45) is 1.64. The average molecular weight is 298 g/mol. The van der Waals surface area contributed by atoms with Gasteiger partial charge in [0.15, 0.2) is 0 Å². The lowest BCUT2D eigenvalue weighted by molar-refractivity contribution is 0.638. The first-order valence-electron chi connectivity index (χ1n) is 5.66. The fraction of sp³-hybridized carbons (Fsp3) is 0.231. The Morgan fingerprint density at radius 3 is 2.68 bits per heavy atom. The van der Waals surface area contributed by atoms with Crippen LogP contribution in [0, 0.1) is 0 Å². The van der Waals surface area contributed by atoms with Crippen molar-refractivity contribution in [2.24, 2.45) is 0 Å². The molecule has 0 aliphatic rings. The highest BCUT2D eigenvalue weighted by Gasteiger charge is 2.07. The lowest BCUT2D eigenvalue weighted by Gasteiger charge is -2.13. The van der Waals surface area contributed by atoms with Crippen LogP contribution in [0.1, 0.15) is 5.56 Å². The molecule has 1 aromatic heterocycles. The Labute approximate surface area is 121 Å². The van der Waals surface area contributed by atoms with Crippen LogP contribution in [0.3, 0.4) is 0 Å². The van der Waals surface area contributed by atoms with E-state index in [2.05, 4.69) is 5.10 Å². The summed E-state index contributed by atoms with van der Waals surface area (Å²) in [7, 11) is 3.71. The third-order valence-electron chi connectivity index (χ3n) is 2.72. The Bertz CT molecular complexity index is 653. The van der Waals surface area contributed by atoms with Crippen LogP contribution in [0.25, 0.3) is 0 Å². The molecule has 0 bridgehead atoms. The molecular weight excluding hydrogens is 285 g/mol. The van der Waals surface area contributed by atoms with Gasteiger partial charge in [-0.15, -0.1) is 0 Å². The topological polar surface area (TPSA) is 38.1 Å². The smallest absolute Gasteiger partial charge is 0.269 e. The average Bonchev–Trinajstić information content (AvgIpc) is 2.37. The van der Waals surface area contributed by atoms with E-state index in [-0.39, 0.29) is 5.56 Å². The third-order valence-corrected chi connectivity index (χ3v) is 3.58. The zero-order valence-electron chi connectivity index (χ0n) is 10.6. The number of aromatic nitrogens is 2. The first kappa shape index (κ1) is 13.9. The number of anilines is 1. The molecule has 0 spiro atoms. The number of hydrogen-bond acceptors (Lipinski definition) is 3. The van der Waals surface area contributed by atoms with Gasteiger partial charge in [-0.2, -0.15) is 5.10 Å². The van der Waals surface area contributed by atoms with E-state index >= 15 is 0 Å². The van der Waals surface area contributed by atoms with Gasteiger partial charge in [0.25, 0.3) is 5.56 Å². The van der Waals surface area contributed by atoms with Crippen molar-refractivity contribution < 1.29 is 0 Å². The van der Waals surface area contributed by atoms with Crippen molar-refractivity contribution in [3.05, 3.63) is 56.4 Å². The normalized spacial score (nSPS) is 10.5. The van der Waals surface area contributed by atoms with Crippen molar-refractivity contribution in [3.8, 4) is 0 Å². The Kier molecular flexibility index (Phi) is 4.12. The molecule has 0 atom stereocenters. The molecule has 0 saturated heterocycles. The van der Waals surface area contributed by atoms with Gasteiger partial charge in [-0.1, -0.05) is 35.3 Å². The van der Waals surface area contributed by atoms with Crippen LogP contribution in [-0.4, -0.2) is 23.9 Å². The number of benzene rings is 1. The maximum Gasteiger partial charge on any atom is 0.269 e. The summed E-state index contributed by atoms with van der Waals surface area (Å²) in [5.41, 5.74) is 1.35. The van der Waals surface area contributed by atoms with Crippen molar-refractivity contribution in [2.45, 2.75) is 6.54 Å². The molecule has 2 rings (SSSR count). The highest BCUT2D eigenvalue weighted by atomic mass is 35.5. The largest absolute Gasteiger partial charge is 0.376 e. The second-order valence-corrected chi connectivity index (χ2v) is 5.10. The molecule has 1 aromatic carbocycles. The van der Waals surface area contributed by atoms with Crippen LogP contribution in [0.2, 0.25) is 10.0 Å². The molecule has 100 valence electrons. The van der Waals surface area contributed by atoms with E-state index in [0.29, 0.717) is 16.6 Å². The first-order valence-corrected chi connectivity index (χ1v) is 6.42. The molecule has 2 aromatic rings. The monoisotopic (exact) mass is 297 g/mol. The van der Waals surface area contributed by atoms with Crippen molar-refractivity contribution in [2.75, 3.05) is 19.0 Å². The molecular formula is C13H13Cl2N3O. The van der Waals surface area contributed by atoms with Gasteiger partial charge in [-0.25, -0.2) is 4.68 Å². The zero-order valence-corrected chi connectivity index (χ0v) is 12.1. The van der Waals surface area contributed by atoms with Gasteiger partial charge in [0.2, 0.25) is 0 Å². The summed E-state index contributed by atoms with van der Waals surface area (Å²) in [6.45, 7) is 0.298. The molecule has 6 heteroatoms. The van der Waals surface area contributed by atoms with E-state index in [9.17, 15) is 4.79 Å². The molecule has 0 radical (unpaired) electrons. The summed E-state index contributed by atoms with van der Waals surface area (Å²) in [5.74, 6) is 0. The second-order valence-electron chi connectivity index (χ2n) is 4.32. The van der Waals surface area contributed by atoms with Gasteiger partial charge in [-0.05, 0) is 11.6 Å². The quantitative estimate of drug-likeness (QED) is 0.874. The number of nitrogens with zero attached hydrogens (tertiary/aromatic N) is 3. The summed E-state index contributed by atoms with van der Waals surface area (Å²) < 4.78 is 1.35. The molecule has 0 aliphatic carbocycles. The number of rotatable bonds is 3. The van der Waals surface area contributed by atoms with Gasteiger partial charge in [0.1, 0.15) is 0 Å². The maximum atomic E-state index is 11.9. The lowest BCUT2D eigenvalue weighted by Crippen LogP contribution is -2.24. The fourth-order valence-corrected chi connectivity index (χ4v) is 2.00. The summed E-state index contributed by atoms with van der Waals surface area (Å²) in [6, 6.07) is 6.86. The molecule has 0 fully saturated rings. The van der Waals surface area contributed by atoms with Crippen LogP contribution in [0.15, 0.2) is 35.3 Å². The fourth-order valence-electron chi connectivity index (χ4n) is 1.62. The minimum atomic E-state index is -0.178. The van der Waals surface area contributed by atoms with Gasteiger partial charge in [-0.3, -0.25) is 4.79 Å². The van der Waals surface area contributed by atoms with E-state index in [4.69, 9.17) is 23.2 Å². The third kappa shape index (κ3) is 3.08. The number of halogens is 2. The molecule has 0 unspecified atom stereocenters. The molecule has 19 heavy (non-hydrogen) atoms. The molecule has 1 heterocycles. The van der Waals surface area contributed by atoms with Crippen molar-refractivity contribution in [1.29, 1.82) is 0 Å². The number of hydrogen-bond donors (Lipinski definition) is 0. The highest BCUT2D eigenvalue weighted by molar-refractivity contribution is 6.42. The lowest BCUT2D eigenvalue weighted by atomic mass is 10.2. The Hall–Kier alpha value is -1.52. The van der Waals surface area contributed by atoms with Crippen LogP contribution >= 0.6 is 23.2 Å². The van der Waals surface area contributed by atoms with Crippen molar-refractivity contribution in [3.63, 3.8) is 0 Å². The van der Waals surface area contributed by atoms with E-state index in [1.54, 1.807) is 18.3 Å². The molecule has 0 saturated carbocycles.